The second-order valence-electron chi connectivity index (χ2n) is 6.23. The van der Waals surface area contributed by atoms with Crippen LogP contribution in [0.3, 0.4) is 0 Å². The van der Waals surface area contributed by atoms with Crippen molar-refractivity contribution in [3.05, 3.63) is 53.6 Å². The highest BCUT2D eigenvalue weighted by molar-refractivity contribution is 7.99. The van der Waals surface area contributed by atoms with Crippen LogP contribution in [0.1, 0.15) is 28.2 Å². The summed E-state index contributed by atoms with van der Waals surface area (Å²) in [6.45, 7) is 2.69. The van der Waals surface area contributed by atoms with E-state index in [2.05, 4.69) is 5.32 Å². The molecule has 0 saturated carbocycles. The third-order valence-electron chi connectivity index (χ3n) is 4.50. The molecule has 2 aromatic rings. The summed E-state index contributed by atoms with van der Waals surface area (Å²) >= 11 is 1.67. The molecule has 1 atom stereocenters. The van der Waals surface area contributed by atoms with E-state index in [0.717, 1.165) is 11.3 Å². The topological polar surface area (TPSA) is 77.1 Å². The lowest BCUT2D eigenvalue weighted by molar-refractivity contribution is 0.0526. The summed E-state index contributed by atoms with van der Waals surface area (Å²) in [4.78, 5) is 26.4. The highest BCUT2D eigenvalue weighted by Crippen LogP contribution is 2.45. The largest absolute Gasteiger partial charge is 0.493 e. The van der Waals surface area contributed by atoms with Crippen LogP contribution >= 0.6 is 11.8 Å². The van der Waals surface area contributed by atoms with Gasteiger partial charge in [0.2, 0.25) is 0 Å². The maximum atomic E-state index is 12.9. The molecular weight excluding hydrogens is 392 g/mol. The Morgan fingerprint density at radius 2 is 1.90 bits per heavy atom. The maximum Gasteiger partial charge on any atom is 0.338 e. The van der Waals surface area contributed by atoms with Crippen molar-refractivity contribution in [1.29, 1.82) is 0 Å². The van der Waals surface area contributed by atoms with Crippen molar-refractivity contribution in [3.63, 3.8) is 0 Å². The van der Waals surface area contributed by atoms with Crippen LogP contribution in [0.15, 0.2) is 42.5 Å². The summed E-state index contributed by atoms with van der Waals surface area (Å²) in [5.74, 6) is 1.70. The first kappa shape index (κ1) is 20.9. The molecule has 1 heterocycles. The predicted octanol–water partition coefficient (Wildman–Crippen LogP) is 4.16. The number of ether oxygens (including phenoxy) is 3. The summed E-state index contributed by atoms with van der Waals surface area (Å²) in [5, 5.41) is 2.72. The molecule has 3 rings (SSSR count). The number of nitrogens with zero attached hydrogens (tertiary/aromatic N) is 1. The van der Waals surface area contributed by atoms with Gasteiger partial charge in [0.15, 0.2) is 11.5 Å². The van der Waals surface area contributed by atoms with E-state index in [4.69, 9.17) is 14.2 Å². The molecule has 2 amide bonds. The van der Waals surface area contributed by atoms with Crippen LogP contribution in [0.2, 0.25) is 0 Å². The van der Waals surface area contributed by atoms with Crippen molar-refractivity contribution in [1.82, 2.24) is 4.90 Å². The summed E-state index contributed by atoms with van der Waals surface area (Å²) in [6, 6.07) is 12.1. The third kappa shape index (κ3) is 4.59. The number of rotatable bonds is 6. The number of methoxy groups -OCH3 is 2. The molecule has 1 aliphatic rings. The van der Waals surface area contributed by atoms with Gasteiger partial charge in [0.05, 0.1) is 26.4 Å². The lowest BCUT2D eigenvalue weighted by Gasteiger charge is -2.26. The molecule has 8 heteroatoms. The van der Waals surface area contributed by atoms with Crippen molar-refractivity contribution >= 4 is 29.4 Å². The Morgan fingerprint density at radius 1 is 1.14 bits per heavy atom. The van der Waals surface area contributed by atoms with Gasteiger partial charge in [0, 0.05) is 23.5 Å². The van der Waals surface area contributed by atoms with Crippen molar-refractivity contribution in [2.45, 2.75) is 12.3 Å². The minimum absolute atomic E-state index is 0.182. The number of hydrogen-bond acceptors (Lipinski definition) is 6. The zero-order valence-electron chi connectivity index (χ0n) is 16.6. The van der Waals surface area contributed by atoms with Gasteiger partial charge in [0.25, 0.3) is 0 Å². The van der Waals surface area contributed by atoms with Gasteiger partial charge in [-0.15, -0.1) is 11.8 Å². The number of carbonyl (C=O) groups is 2. The van der Waals surface area contributed by atoms with Crippen LogP contribution in [0.25, 0.3) is 0 Å². The fraction of sp³-hybridized carbons (Fsp3) is 0.333. The zero-order valence-corrected chi connectivity index (χ0v) is 17.5. The van der Waals surface area contributed by atoms with E-state index in [1.54, 1.807) is 62.1 Å². The molecule has 0 spiro atoms. The van der Waals surface area contributed by atoms with Crippen LogP contribution in [0.4, 0.5) is 10.5 Å². The maximum absolute atomic E-state index is 12.9. The molecule has 0 unspecified atom stereocenters. The third-order valence-corrected chi connectivity index (χ3v) is 5.74. The van der Waals surface area contributed by atoms with Gasteiger partial charge in [-0.1, -0.05) is 12.1 Å². The molecule has 1 saturated heterocycles. The number of carbonyl (C=O) groups excluding carboxylic acids is 2. The molecule has 1 aliphatic heterocycles. The summed E-state index contributed by atoms with van der Waals surface area (Å²) in [7, 11) is 3.18. The van der Waals surface area contributed by atoms with Gasteiger partial charge in [-0.2, -0.15) is 0 Å². The highest BCUT2D eigenvalue weighted by Gasteiger charge is 2.33. The van der Waals surface area contributed by atoms with E-state index in [-0.39, 0.29) is 17.4 Å². The highest BCUT2D eigenvalue weighted by atomic mass is 32.2. The fourth-order valence-electron chi connectivity index (χ4n) is 3.14. The Kier molecular flexibility index (Phi) is 6.87. The normalized spacial score (nSPS) is 15.7. The second kappa shape index (κ2) is 9.56. The number of urea groups is 1. The number of anilines is 1. The molecule has 0 aliphatic carbocycles. The van der Waals surface area contributed by atoms with Crippen molar-refractivity contribution in [2.75, 3.05) is 38.4 Å². The lowest BCUT2D eigenvalue weighted by atomic mass is 10.1. The Labute approximate surface area is 174 Å². The van der Waals surface area contributed by atoms with Crippen LogP contribution in [-0.2, 0) is 4.74 Å². The lowest BCUT2D eigenvalue weighted by Crippen LogP contribution is -2.34. The van der Waals surface area contributed by atoms with E-state index in [9.17, 15) is 9.59 Å². The number of hydrogen-bond donors (Lipinski definition) is 1. The monoisotopic (exact) mass is 416 g/mol. The number of amides is 2. The molecule has 154 valence electrons. The molecule has 0 bridgehead atoms. The fourth-order valence-corrected chi connectivity index (χ4v) is 4.41. The van der Waals surface area contributed by atoms with Crippen LogP contribution < -0.4 is 14.8 Å². The Bertz CT molecular complexity index is 872. The minimum atomic E-state index is -0.383. The van der Waals surface area contributed by atoms with Crippen molar-refractivity contribution in [3.8, 4) is 11.5 Å². The Morgan fingerprint density at radius 3 is 2.55 bits per heavy atom. The quantitative estimate of drug-likeness (QED) is 0.713. The Hall–Kier alpha value is -2.87. The molecular formula is C21H24N2O5S. The van der Waals surface area contributed by atoms with E-state index in [1.165, 1.54) is 0 Å². The van der Waals surface area contributed by atoms with E-state index in [1.807, 2.05) is 18.2 Å². The van der Waals surface area contributed by atoms with Gasteiger partial charge in [-0.25, -0.2) is 9.59 Å². The molecule has 0 aromatic heterocycles. The van der Waals surface area contributed by atoms with Crippen LogP contribution in [-0.4, -0.2) is 50.0 Å². The molecule has 0 radical (unpaired) electrons. The molecule has 1 N–H and O–H groups in total. The van der Waals surface area contributed by atoms with Crippen molar-refractivity contribution in [2.24, 2.45) is 0 Å². The van der Waals surface area contributed by atoms with Gasteiger partial charge in [0.1, 0.15) is 5.37 Å². The number of para-hydroxylation sites is 1. The number of esters is 1. The molecule has 7 nitrogen and oxygen atoms in total. The van der Waals surface area contributed by atoms with Gasteiger partial charge < -0.3 is 24.4 Å². The SMILES string of the molecule is CCOC(=O)c1ccc(NC(=O)N2CCS[C@@H]2c2cccc(OC)c2OC)cc1. The molecule has 2 aromatic carbocycles. The average molecular weight is 416 g/mol. The average Bonchev–Trinajstić information content (AvgIpc) is 3.23. The Balaban J connectivity index is 1.75. The first-order chi connectivity index (χ1) is 14.1. The van der Waals surface area contributed by atoms with Crippen molar-refractivity contribution < 1.29 is 23.8 Å². The zero-order chi connectivity index (χ0) is 20.8. The molecule has 29 heavy (non-hydrogen) atoms. The second-order valence-corrected chi connectivity index (χ2v) is 7.42. The number of benzene rings is 2. The van der Waals surface area contributed by atoms with Crippen LogP contribution in [0, 0.1) is 0 Å². The van der Waals surface area contributed by atoms with E-state index in [0.29, 0.717) is 35.9 Å². The van der Waals surface area contributed by atoms with Gasteiger partial charge in [-0.3, -0.25) is 0 Å². The summed E-state index contributed by atoms with van der Waals surface area (Å²) < 4.78 is 15.9. The standard InChI is InChI=1S/C21H24N2O5S/c1-4-28-20(24)14-8-10-15(11-9-14)22-21(25)23-12-13-29-19(23)16-6-5-7-17(26-2)18(16)27-3/h5-11,19H,4,12-13H2,1-3H3,(H,22,25)/t19-/m1/s1. The molecule has 1 fully saturated rings. The first-order valence-electron chi connectivity index (χ1n) is 9.26. The summed E-state index contributed by atoms with van der Waals surface area (Å²) in [5.41, 5.74) is 1.94. The van der Waals surface area contributed by atoms with Gasteiger partial charge >= 0.3 is 12.0 Å². The van der Waals surface area contributed by atoms with Crippen LogP contribution in [0.5, 0.6) is 11.5 Å². The minimum Gasteiger partial charge on any atom is -0.493 e. The van der Waals surface area contributed by atoms with E-state index < -0.39 is 0 Å². The number of thioether (sulfide) groups is 1. The van der Waals surface area contributed by atoms with E-state index >= 15 is 0 Å². The first-order valence-corrected chi connectivity index (χ1v) is 10.3. The summed E-state index contributed by atoms with van der Waals surface area (Å²) in [6.07, 6.45) is 0. The predicted molar refractivity (Wildman–Crippen MR) is 113 cm³/mol. The number of nitrogens with one attached hydrogen (secondary N) is 1. The van der Waals surface area contributed by atoms with Gasteiger partial charge in [-0.05, 0) is 37.3 Å². The smallest absolute Gasteiger partial charge is 0.338 e.